The van der Waals surface area contributed by atoms with E-state index in [9.17, 15) is 0 Å². The highest BCUT2D eigenvalue weighted by molar-refractivity contribution is 5.27. The van der Waals surface area contributed by atoms with E-state index in [1.54, 1.807) is 0 Å². The minimum absolute atomic E-state index is 0.556. The van der Waals surface area contributed by atoms with Crippen LogP contribution in [0.4, 0.5) is 0 Å². The van der Waals surface area contributed by atoms with Crippen LogP contribution >= 0.6 is 0 Å². The zero-order valence-electron chi connectivity index (χ0n) is 11.6. The zero-order chi connectivity index (χ0) is 13.5. The Balaban J connectivity index is 1.89. The van der Waals surface area contributed by atoms with Crippen molar-refractivity contribution >= 4 is 0 Å². The Morgan fingerprint density at radius 1 is 1.21 bits per heavy atom. The van der Waals surface area contributed by atoms with Crippen molar-refractivity contribution in [2.24, 2.45) is 0 Å². The summed E-state index contributed by atoms with van der Waals surface area (Å²) in [5.74, 6) is 0.893. The molecule has 0 aliphatic carbocycles. The molecule has 2 rings (SSSR count). The molecular weight excluding hydrogens is 238 g/mol. The maximum absolute atomic E-state index is 5.77. The van der Waals surface area contributed by atoms with E-state index in [-0.39, 0.29) is 0 Å². The van der Waals surface area contributed by atoms with Crippen molar-refractivity contribution in [1.29, 1.82) is 0 Å². The van der Waals surface area contributed by atoms with Gasteiger partial charge in [-0.05, 0) is 31.2 Å². The van der Waals surface area contributed by atoms with Gasteiger partial charge in [0.2, 0.25) is 0 Å². The summed E-state index contributed by atoms with van der Waals surface area (Å²) >= 11 is 0. The van der Waals surface area contributed by atoms with Gasteiger partial charge in [0.15, 0.2) is 0 Å². The Bertz CT molecular complexity index is 490. The summed E-state index contributed by atoms with van der Waals surface area (Å²) in [6, 6.07) is 8.21. The van der Waals surface area contributed by atoms with Gasteiger partial charge in [0.25, 0.3) is 0 Å². The molecule has 0 aliphatic heterocycles. The first-order valence-corrected chi connectivity index (χ1v) is 6.75. The Kier molecular flexibility index (Phi) is 4.98. The summed E-state index contributed by atoms with van der Waals surface area (Å²) in [4.78, 5) is 4.13. The van der Waals surface area contributed by atoms with E-state index in [0.29, 0.717) is 6.61 Å². The van der Waals surface area contributed by atoms with Crippen LogP contribution in [0.2, 0.25) is 0 Å². The number of hydrogen-bond acceptors (Lipinski definition) is 3. The number of hydrogen-bond donors (Lipinski definition) is 1. The Morgan fingerprint density at radius 3 is 2.68 bits per heavy atom. The van der Waals surface area contributed by atoms with E-state index in [1.807, 2.05) is 24.7 Å². The van der Waals surface area contributed by atoms with Crippen LogP contribution in [0.25, 0.3) is 0 Å². The monoisotopic (exact) mass is 259 g/mol. The van der Waals surface area contributed by atoms with Crippen LogP contribution in [0.5, 0.6) is 5.75 Å². The van der Waals surface area contributed by atoms with Crippen LogP contribution < -0.4 is 10.1 Å². The average Bonchev–Trinajstić information content (AvgIpc) is 2.91. The van der Waals surface area contributed by atoms with Gasteiger partial charge in [0.1, 0.15) is 12.4 Å². The van der Waals surface area contributed by atoms with Gasteiger partial charge in [-0.1, -0.05) is 19.1 Å². The third-order valence-electron chi connectivity index (χ3n) is 3.03. The lowest BCUT2D eigenvalue weighted by atomic mass is 10.2. The molecule has 0 unspecified atom stereocenters. The van der Waals surface area contributed by atoms with Crippen molar-refractivity contribution in [2.45, 2.75) is 33.5 Å². The van der Waals surface area contributed by atoms with Crippen LogP contribution in [0.15, 0.2) is 36.8 Å². The average molecular weight is 259 g/mol. The van der Waals surface area contributed by atoms with Crippen molar-refractivity contribution in [3.05, 3.63) is 48.0 Å². The van der Waals surface area contributed by atoms with Crippen molar-refractivity contribution < 1.29 is 4.74 Å². The molecule has 19 heavy (non-hydrogen) atoms. The summed E-state index contributed by atoms with van der Waals surface area (Å²) in [5.41, 5.74) is 2.37. The molecule has 2 aromatic rings. The fourth-order valence-corrected chi connectivity index (χ4v) is 1.88. The zero-order valence-corrected chi connectivity index (χ0v) is 11.6. The lowest BCUT2D eigenvalue weighted by Gasteiger charge is -2.09. The second kappa shape index (κ2) is 6.95. The highest BCUT2D eigenvalue weighted by atomic mass is 16.5. The fraction of sp³-hybridized carbons (Fsp3) is 0.400. The summed E-state index contributed by atoms with van der Waals surface area (Å²) in [7, 11) is 0. The van der Waals surface area contributed by atoms with Crippen LogP contribution in [0.1, 0.15) is 25.1 Å². The second-order valence-electron chi connectivity index (χ2n) is 4.38. The first kappa shape index (κ1) is 13.6. The van der Waals surface area contributed by atoms with E-state index >= 15 is 0 Å². The summed E-state index contributed by atoms with van der Waals surface area (Å²) in [6.07, 6.45) is 3.68. The lowest BCUT2D eigenvalue weighted by molar-refractivity contribution is 0.295. The van der Waals surface area contributed by atoms with E-state index in [2.05, 4.69) is 40.8 Å². The molecule has 1 N–H and O–H groups in total. The molecule has 0 saturated carbocycles. The highest BCUT2D eigenvalue weighted by Crippen LogP contribution is 2.14. The van der Waals surface area contributed by atoms with Crippen molar-refractivity contribution in [3.63, 3.8) is 0 Å². The van der Waals surface area contributed by atoms with Gasteiger partial charge in [0.05, 0.1) is 18.2 Å². The maximum Gasteiger partial charge on any atom is 0.130 e. The minimum Gasteiger partial charge on any atom is -0.487 e. The Morgan fingerprint density at radius 2 is 2.00 bits per heavy atom. The molecule has 102 valence electrons. The van der Waals surface area contributed by atoms with Crippen LogP contribution in [0.3, 0.4) is 0 Å². The molecule has 0 aliphatic rings. The van der Waals surface area contributed by atoms with Crippen LogP contribution in [0, 0.1) is 0 Å². The quantitative estimate of drug-likeness (QED) is 0.830. The summed E-state index contributed by atoms with van der Waals surface area (Å²) in [6.45, 7) is 7.56. The Hall–Kier alpha value is -1.81. The molecule has 0 radical (unpaired) electrons. The second-order valence-corrected chi connectivity index (χ2v) is 4.38. The molecule has 0 spiro atoms. The third-order valence-corrected chi connectivity index (χ3v) is 3.03. The fourth-order valence-electron chi connectivity index (χ4n) is 1.88. The van der Waals surface area contributed by atoms with Gasteiger partial charge in [0, 0.05) is 13.1 Å². The molecule has 1 aromatic heterocycles. The SMILES string of the molecule is CCNCc1ccc(OCc2cncn2CC)cc1. The molecule has 0 saturated heterocycles. The summed E-state index contributed by atoms with van der Waals surface area (Å²) < 4.78 is 7.85. The number of imidazole rings is 1. The van der Waals surface area contributed by atoms with E-state index < -0.39 is 0 Å². The molecule has 0 amide bonds. The van der Waals surface area contributed by atoms with Crippen molar-refractivity contribution in [1.82, 2.24) is 14.9 Å². The van der Waals surface area contributed by atoms with Crippen molar-refractivity contribution in [3.8, 4) is 5.75 Å². The molecular formula is C15H21N3O. The van der Waals surface area contributed by atoms with Crippen molar-refractivity contribution in [2.75, 3.05) is 6.54 Å². The van der Waals surface area contributed by atoms with E-state index in [0.717, 1.165) is 31.1 Å². The predicted molar refractivity (Wildman–Crippen MR) is 76.1 cm³/mol. The first-order valence-electron chi connectivity index (χ1n) is 6.75. The van der Waals surface area contributed by atoms with E-state index in [4.69, 9.17) is 4.74 Å². The predicted octanol–water partition coefficient (Wildman–Crippen LogP) is 2.59. The molecule has 0 bridgehead atoms. The summed E-state index contributed by atoms with van der Waals surface area (Å²) in [5, 5.41) is 3.30. The molecule has 0 fully saturated rings. The standard InChI is InChI=1S/C15H21N3O/c1-3-16-9-13-5-7-15(8-6-13)19-11-14-10-17-12-18(14)4-2/h5-8,10,12,16H,3-4,9,11H2,1-2H3. The molecule has 4 heteroatoms. The third kappa shape index (κ3) is 3.83. The largest absolute Gasteiger partial charge is 0.487 e. The number of aryl methyl sites for hydroxylation is 1. The first-order chi connectivity index (χ1) is 9.33. The molecule has 1 heterocycles. The highest BCUT2D eigenvalue weighted by Gasteiger charge is 2.01. The normalized spacial score (nSPS) is 10.6. The van der Waals surface area contributed by atoms with Gasteiger partial charge < -0.3 is 14.6 Å². The molecule has 0 atom stereocenters. The number of nitrogens with zero attached hydrogens (tertiary/aromatic N) is 2. The van der Waals surface area contributed by atoms with Gasteiger partial charge >= 0.3 is 0 Å². The van der Waals surface area contributed by atoms with Crippen LogP contribution in [-0.4, -0.2) is 16.1 Å². The van der Waals surface area contributed by atoms with Gasteiger partial charge in [-0.2, -0.15) is 0 Å². The number of benzene rings is 1. The van der Waals surface area contributed by atoms with E-state index in [1.165, 1.54) is 5.56 Å². The maximum atomic E-state index is 5.77. The van der Waals surface area contributed by atoms with Gasteiger partial charge in [-0.15, -0.1) is 0 Å². The topological polar surface area (TPSA) is 39.1 Å². The van der Waals surface area contributed by atoms with Crippen LogP contribution in [-0.2, 0) is 19.7 Å². The molecule has 4 nitrogen and oxygen atoms in total. The number of nitrogens with one attached hydrogen (secondary N) is 1. The lowest BCUT2D eigenvalue weighted by Crippen LogP contribution is -2.11. The minimum atomic E-state index is 0.556. The van der Waals surface area contributed by atoms with Gasteiger partial charge in [-0.3, -0.25) is 0 Å². The Labute approximate surface area is 114 Å². The van der Waals surface area contributed by atoms with Gasteiger partial charge in [-0.25, -0.2) is 4.98 Å². The number of ether oxygens (including phenoxy) is 1. The number of rotatable bonds is 7. The smallest absolute Gasteiger partial charge is 0.130 e. The number of aromatic nitrogens is 2. The molecule has 1 aromatic carbocycles.